The summed E-state index contributed by atoms with van der Waals surface area (Å²) in [5.41, 5.74) is -0.0358. The van der Waals surface area contributed by atoms with E-state index in [4.69, 9.17) is 0 Å². The molecule has 1 aromatic rings. The van der Waals surface area contributed by atoms with Gasteiger partial charge in [-0.3, -0.25) is 4.21 Å². The van der Waals surface area contributed by atoms with Crippen LogP contribution in [-0.2, 0) is 10.8 Å². The molecule has 0 fully saturated rings. The van der Waals surface area contributed by atoms with Crippen molar-refractivity contribution < 1.29 is 26.6 Å². The first-order valence-electron chi connectivity index (χ1n) is 4.93. The fraction of sp³-hybridized carbons (Fsp3) is 0.300. The number of benzene rings is 1. The van der Waals surface area contributed by atoms with Gasteiger partial charge in [0, 0.05) is 11.9 Å². The summed E-state index contributed by atoms with van der Waals surface area (Å²) in [5.74, 6) is -0.811. The van der Waals surface area contributed by atoms with E-state index in [0.29, 0.717) is 0 Å². The summed E-state index contributed by atoms with van der Waals surface area (Å²) in [4.78, 5) is 11.0. The number of rotatable bonds is 3. The maximum absolute atomic E-state index is 13.4. The summed E-state index contributed by atoms with van der Waals surface area (Å²) in [5, 5.41) is 3.60. The van der Waals surface area contributed by atoms with Crippen LogP contribution in [0.15, 0.2) is 23.1 Å². The van der Waals surface area contributed by atoms with Gasteiger partial charge >= 0.3 is 12.2 Å². The number of nitrogens with one attached hydrogen (secondary N) is 2. The van der Waals surface area contributed by atoms with Crippen molar-refractivity contribution in [3.05, 3.63) is 24.0 Å². The lowest BCUT2D eigenvalue weighted by Gasteiger charge is -2.10. The Morgan fingerprint density at radius 2 is 2.00 bits per heavy atom. The average molecular weight is 298 g/mol. The highest BCUT2D eigenvalue weighted by atomic mass is 32.2. The van der Waals surface area contributed by atoms with Gasteiger partial charge in [-0.25, -0.2) is 9.18 Å². The van der Waals surface area contributed by atoms with E-state index in [1.807, 2.05) is 5.32 Å². The van der Waals surface area contributed by atoms with Gasteiger partial charge in [0.15, 0.2) is 0 Å². The largest absolute Gasteiger partial charge is 0.405 e. The molecular weight excluding hydrogens is 288 g/mol. The third kappa shape index (κ3) is 5.25. The number of alkyl halides is 3. The van der Waals surface area contributed by atoms with Gasteiger partial charge in [0.05, 0.1) is 15.7 Å². The Bertz CT molecular complexity index is 505. The molecule has 4 nitrogen and oxygen atoms in total. The van der Waals surface area contributed by atoms with Crippen LogP contribution in [0.1, 0.15) is 0 Å². The second kappa shape index (κ2) is 6.00. The number of amides is 2. The predicted molar refractivity (Wildman–Crippen MR) is 61.8 cm³/mol. The van der Waals surface area contributed by atoms with Crippen LogP contribution in [0, 0.1) is 5.82 Å². The van der Waals surface area contributed by atoms with Gasteiger partial charge in [0.25, 0.3) is 0 Å². The monoisotopic (exact) mass is 298 g/mol. The molecule has 0 radical (unpaired) electrons. The van der Waals surface area contributed by atoms with E-state index in [0.717, 1.165) is 6.07 Å². The molecule has 1 atom stereocenters. The quantitative estimate of drug-likeness (QED) is 0.841. The van der Waals surface area contributed by atoms with Crippen molar-refractivity contribution in [1.82, 2.24) is 5.32 Å². The molecule has 0 aliphatic rings. The molecular formula is C10H10F4N2O2S. The third-order valence-corrected chi connectivity index (χ3v) is 2.90. The Labute approximate surface area is 108 Å². The number of carbonyl (C=O) groups is 1. The lowest BCUT2D eigenvalue weighted by atomic mass is 10.3. The first-order chi connectivity index (χ1) is 8.69. The number of anilines is 1. The molecule has 106 valence electrons. The molecule has 0 saturated heterocycles. The van der Waals surface area contributed by atoms with E-state index in [2.05, 4.69) is 0 Å². The van der Waals surface area contributed by atoms with Gasteiger partial charge in [-0.05, 0) is 18.2 Å². The maximum atomic E-state index is 13.4. The standard InChI is InChI=1S/C10H10F4N2O2S/c1-19(18)8-3-2-6(4-7(8)11)16-9(17)15-5-10(12,13)14/h2-4H,5H2,1H3,(H2,15,16,17)/t19-/m1/s1. The molecule has 19 heavy (non-hydrogen) atoms. The first kappa shape index (κ1) is 15.4. The van der Waals surface area contributed by atoms with Crippen molar-refractivity contribution in [3.8, 4) is 0 Å². The zero-order valence-corrected chi connectivity index (χ0v) is 10.5. The SMILES string of the molecule is C[S@@](=O)c1ccc(NC(=O)NCC(F)(F)F)cc1F. The smallest absolute Gasteiger partial charge is 0.329 e. The minimum absolute atomic E-state index is 0.0358. The highest BCUT2D eigenvalue weighted by Crippen LogP contribution is 2.17. The van der Waals surface area contributed by atoms with Gasteiger partial charge < -0.3 is 10.6 Å². The third-order valence-electron chi connectivity index (χ3n) is 1.95. The average Bonchev–Trinajstić information content (AvgIpc) is 2.25. The second-order valence-corrected chi connectivity index (χ2v) is 4.87. The lowest BCUT2D eigenvalue weighted by Crippen LogP contribution is -2.36. The minimum Gasteiger partial charge on any atom is -0.329 e. The molecule has 0 unspecified atom stereocenters. The number of carbonyl (C=O) groups excluding carboxylic acids is 1. The molecule has 0 spiro atoms. The number of hydrogen-bond acceptors (Lipinski definition) is 2. The van der Waals surface area contributed by atoms with Crippen LogP contribution < -0.4 is 10.6 Å². The van der Waals surface area contributed by atoms with Crippen molar-refractivity contribution >= 4 is 22.5 Å². The van der Waals surface area contributed by atoms with E-state index < -0.39 is 35.4 Å². The Kier molecular flexibility index (Phi) is 4.87. The van der Waals surface area contributed by atoms with Crippen molar-refractivity contribution in [2.45, 2.75) is 11.1 Å². The molecule has 0 aliphatic carbocycles. The zero-order valence-electron chi connectivity index (χ0n) is 9.68. The number of halogens is 4. The van der Waals surface area contributed by atoms with Gasteiger partial charge in [-0.15, -0.1) is 0 Å². The highest BCUT2D eigenvalue weighted by Gasteiger charge is 2.27. The van der Waals surface area contributed by atoms with E-state index in [9.17, 15) is 26.6 Å². The zero-order chi connectivity index (χ0) is 14.6. The molecule has 0 saturated carbocycles. The number of hydrogen-bond donors (Lipinski definition) is 2. The Hall–Kier alpha value is -1.64. The van der Waals surface area contributed by atoms with Crippen molar-refractivity contribution in [2.75, 3.05) is 18.1 Å². The fourth-order valence-corrected chi connectivity index (χ4v) is 1.76. The molecule has 0 aliphatic heterocycles. The van der Waals surface area contributed by atoms with Crippen LogP contribution in [0.25, 0.3) is 0 Å². The van der Waals surface area contributed by atoms with Crippen molar-refractivity contribution in [2.24, 2.45) is 0 Å². The minimum atomic E-state index is -4.52. The summed E-state index contributed by atoms with van der Waals surface area (Å²) in [6, 6.07) is 2.20. The first-order valence-corrected chi connectivity index (χ1v) is 6.49. The molecule has 2 N–H and O–H groups in total. The molecule has 9 heteroatoms. The predicted octanol–water partition coefficient (Wildman–Crippen LogP) is 2.25. The summed E-state index contributed by atoms with van der Waals surface area (Å²) in [6.45, 7) is -1.49. The fourth-order valence-electron chi connectivity index (χ4n) is 1.17. The molecule has 0 bridgehead atoms. The van der Waals surface area contributed by atoms with Gasteiger partial charge in [-0.1, -0.05) is 0 Å². The molecule has 1 aromatic carbocycles. The topological polar surface area (TPSA) is 58.2 Å². The molecule has 0 heterocycles. The van der Waals surface area contributed by atoms with Crippen LogP contribution in [-0.4, -0.2) is 29.2 Å². The summed E-state index contributed by atoms with van der Waals surface area (Å²) >= 11 is 0. The van der Waals surface area contributed by atoms with Crippen LogP contribution in [0.4, 0.5) is 28.0 Å². The van der Waals surface area contributed by atoms with Crippen LogP contribution in [0.5, 0.6) is 0 Å². The van der Waals surface area contributed by atoms with Crippen LogP contribution in [0.3, 0.4) is 0 Å². The normalized spacial score (nSPS) is 12.9. The molecule has 0 aromatic heterocycles. The van der Waals surface area contributed by atoms with Crippen molar-refractivity contribution in [1.29, 1.82) is 0 Å². The van der Waals surface area contributed by atoms with Crippen LogP contribution in [0.2, 0.25) is 0 Å². The van der Waals surface area contributed by atoms with E-state index in [-0.39, 0.29) is 10.6 Å². The van der Waals surface area contributed by atoms with E-state index in [1.54, 1.807) is 5.32 Å². The molecule has 1 rings (SSSR count). The maximum Gasteiger partial charge on any atom is 0.405 e. The summed E-state index contributed by atoms with van der Waals surface area (Å²) in [7, 11) is -1.53. The van der Waals surface area contributed by atoms with Crippen molar-refractivity contribution in [3.63, 3.8) is 0 Å². The van der Waals surface area contributed by atoms with Crippen LogP contribution >= 0.6 is 0 Å². The Morgan fingerprint density at radius 3 is 2.47 bits per heavy atom. The summed E-state index contributed by atoms with van der Waals surface area (Å²) in [6.07, 6.45) is -3.24. The van der Waals surface area contributed by atoms with E-state index >= 15 is 0 Å². The van der Waals surface area contributed by atoms with Gasteiger partial charge in [-0.2, -0.15) is 13.2 Å². The Balaban J connectivity index is 2.65. The highest BCUT2D eigenvalue weighted by molar-refractivity contribution is 7.84. The Morgan fingerprint density at radius 1 is 1.37 bits per heavy atom. The van der Waals surface area contributed by atoms with Gasteiger partial charge in [0.2, 0.25) is 0 Å². The number of urea groups is 1. The van der Waals surface area contributed by atoms with E-state index in [1.165, 1.54) is 18.4 Å². The van der Waals surface area contributed by atoms with Gasteiger partial charge in [0.1, 0.15) is 12.4 Å². The lowest BCUT2D eigenvalue weighted by molar-refractivity contribution is -0.122. The molecule has 2 amide bonds. The summed E-state index contributed by atoms with van der Waals surface area (Å²) < 4.78 is 59.9. The second-order valence-electron chi connectivity index (χ2n) is 3.52.